The number of benzene rings is 4. The van der Waals surface area contributed by atoms with Gasteiger partial charge in [0, 0.05) is 43.6 Å². The van der Waals surface area contributed by atoms with Crippen molar-refractivity contribution in [3.63, 3.8) is 0 Å². The minimum Gasteiger partial charge on any atom is -0.454 e. The summed E-state index contributed by atoms with van der Waals surface area (Å²) in [5.41, 5.74) is 5.17. The van der Waals surface area contributed by atoms with Crippen LogP contribution in [0.3, 0.4) is 0 Å². The van der Waals surface area contributed by atoms with Crippen LogP contribution in [0, 0.1) is 0 Å². The van der Waals surface area contributed by atoms with Crippen molar-refractivity contribution < 1.29 is 27.4 Å². The number of aryl methyl sites for hydroxylation is 2. The van der Waals surface area contributed by atoms with E-state index in [1.54, 1.807) is 0 Å². The molecule has 6 nitrogen and oxygen atoms in total. The van der Waals surface area contributed by atoms with Gasteiger partial charge >= 0.3 is 0 Å². The van der Waals surface area contributed by atoms with E-state index < -0.39 is 21.6 Å². The maximum atomic E-state index is 12.3. The Labute approximate surface area is 382 Å². The van der Waals surface area contributed by atoms with Crippen LogP contribution in [0.15, 0.2) is 97.1 Å². The molecular weight excluding hydrogens is 809 g/mol. The van der Waals surface area contributed by atoms with Gasteiger partial charge in [0.25, 0.3) is 0 Å². The molecule has 4 aromatic rings. The van der Waals surface area contributed by atoms with Gasteiger partial charge in [-0.3, -0.25) is 8.42 Å². The largest absolute Gasteiger partial charge is 0.454 e. The van der Waals surface area contributed by atoms with Gasteiger partial charge in [0.1, 0.15) is 0 Å². The molecule has 0 aromatic heterocycles. The summed E-state index contributed by atoms with van der Waals surface area (Å²) in [6.07, 6.45) is 21.5. The van der Waals surface area contributed by atoms with Gasteiger partial charge in [0.2, 0.25) is 13.6 Å². The molecule has 2 aliphatic rings. The monoisotopic (exact) mass is 889 g/mol. The zero-order valence-corrected chi connectivity index (χ0v) is 40.8. The van der Waals surface area contributed by atoms with Crippen LogP contribution in [-0.2, 0) is 47.3 Å². The topological polar surface area (TPSA) is 71.1 Å². The second kappa shape index (κ2) is 33.0. The highest BCUT2D eigenvalue weighted by atomic mass is 32.2. The average Bonchev–Trinajstić information content (AvgIpc) is 3.98. The highest BCUT2D eigenvalue weighted by molar-refractivity contribution is 7.85. The number of fused-ring (bicyclic) bond motifs is 2. The third-order valence-corrected chi connectivity index (χ3v) is 14.6. The van der Waals surface area contributed by atoms with Crippen LogP contribution in [0.1, 0.15) is 154 Å². The normalized spacial score (nSPS) is 13.9. The first kappa shape index (κ1) is 52.7. The summed E-state index contributed by atoms with van der Waals surface area (Å²) in [5, 5.41) is 0.382. The molecule has 344 valence electrons. The number of hydrogen-bond donors (Lipinski definition) is 0. The fourth-order valence-electron chi connectivity index (χ4n) is 7.02. The van der Waals surface area contributed by atoms with E-state index in [9.17, 15) is 8.42 Å². The van der Waals surface area contributed by atoms with Crippen molar-refractivity contribution in [2.75, 3.05) is 25.1 Å². The van der Waals surface area contributed by atoms with Gasteiger partial charge < -0.3 is 18.9 Å². The first-order valence-electron chi connectivity index (χ1n) is 23.9. The Morgan fingerprint density at radius 1 is 0.419 bits per heavy atom. The lowest BCUT2D eigenvalue weighted by atomic mass is 10.0. The van der Waals surface area contributed by atoms with E-state index in [1.807, 2.05) is 36.4 Å². The van der Waals surface area contributed by atoms with Crippen LogP contribution >= 0.6 is 0 Å². The number of rotatable bonds is 24. The van der Waals surface area contributed by atoms with Crippen LogP contribution in [0.4, 0.5) is 0 Å². The van der Waals surface area contributed by atoms with Crippen molar-refractivity contribution in [1.82, 2.24) is 0 Å². The molecule has 0 spiro atoms. The summed E-state index contributed by atoms with van der Waals surface area (Å²) in [4.78, 5) is 0. The van der Waals surface area contributed by atoms with Gasteiger partial charge in [0.15, 0.2) is 23.0 Å². The quantitative estimate of drug-likeness (QED) is 0.0653. The Morgan fingerprint density at radius 2 is 0.774 bits per heavy atom. The van der Waals surface area contributed by atoms with E-state index in [2.05, 4.69) is 102 Å². The smallest absolute Gasteiger partial charge is 0.231 e. The van der Waals surface area contributed by atoms with Crippen molar-refractivity contribution in [2.24, 2.45) is 0 Å². The fourth-order valence-corrected chi connectivity index (χ4v) is 9.55. The first-order chi connectivity index (χ1) is 30.3. The van der Waals surface area contributed by atoms with Gasteiger partial charge in [-0.25, -0.2) is 0 Å². The Balaban J connectivity index is 0.000000242. The van der Waals surface area contributed by atoms with Crippen molar-refractivity contribution in [3.05, 3.63) is 119 Å². The number of hydrogen-bond acceptors (Lipinski definition) is 6. The SMILES string of the molecule is CCCC.CCCCCCCCS(=O)C(C)Cc1ccc2c(c1)OCO2.CCCCCCCCS(=O)C(C)Cc1ccc2c(c1)OCO2.c1ccc(CCc2ccccc2)cc1. The second-order valence-electron chi connectivity index (χ2n) is 16.6. The maximum absolute atomic E-state index is 12.3. The van der Waals surface area contributed by atoms with Crippen molar-refractivity contribution in [3.8, 4) is 23.0 Å². The fraction of sp³-hybridized carbons (Fsp3) is 0.556. The number of unbranched alkanes of at least 4 members (excludes halogenated alkanes) is 11. The van der Waals surface area contributed by atoms with E-state index in [-0.39, 0.29) is 10.5 Å². The highest BCUT2D eigenvalue weighted by Crippen LogP contribution is 2.34. The summed E-state index contributed by atoms with van der Waals surface area (Å²) in [6, 6.07) is 33.3. The molecule has 62 heavy (non-hydrogen) atoms. The molecular formula is C54H80O6S2. The lowest BCUT2D eigenvalue weighted by Gasteiger charge is -2.12. The minimum absolute atomic E-state index is 0.191. The van der Waals surface area contributed by atoms with Gasteiger partial charge in [0.05, 0.1) is 0 Å². The lowest BCUT2D eigenvalue weighted by Crippen LogP contribution is -2.16. The van der Waals surface area contributed by atoms with Crippen LogP contribution in [-0.4, -0.2) is 44.0 Å². The molecule has 0 saturated heterocycles. The van der Waals surface area contributed by atoms with E-state index in [1.165, 1.54) is 99.3 Å². The van der Waals surface area contributed by atoms with Crippen LogP contribution < -0.4 is 18.9 Å². The van der Waals surface area contributed by atoms with Crippen molar-refractivity contribution in [1.29, 1.82) is 0 Å². The predicted molar refractivity (Wildman–Crippen MR) is 265 cm³/mol. The van der Waals surface area contributed by atoms with Gasteiger partial charge in [-0.1, -0.05) is 191 Å². The predicted octanol–water partition coefficient (Wildman–Crippen LogP) is 14.2. The Morgan fingerprint density at radius 3 is 1.15 bits per heavy atom. The molecule has 2 heterocycles. The molecule has 0 N–H and O–H groups in total. The third-order valence-electron chi connectivity index (χ3n) is 11.1. The summed E-state index contributed by atoms with van der Waals surface area (Å²) >= 11 is 0. The molecule has 8 heteroatoms. The molecule has 4 atom stereocenters. The van der Waals surface area contributed by atoms with Crippen molar-refractivity contribution >= 4 is 21.6 Å². The first-order valence-corrected chi connectivity index (χ1v) is 26.6. The highest BCUT2D eigenvalue weighted by Gasteiger charge is 2.18. The van der Waals surface area contributed by atoms with E-state index in [0.29, 0.717) is 13.6 Å². The summed E-state index contributed by atoms with van der Waals surface area (Å²) < 4.78 is 46.1. The molecule has 0 aliphatic carbocycles. The molecule has 4 unspecified atom stereocenters. The molecule has 2 aliphatic heterocycles. The third kappa shape index (κ3) is 22.1. The average molecular weight is 889 g/mol. The van der Waals surface area contributed by atoms with Crippen LogP contribution in [0.25, 0.3) is 0 Å². The minimum atomic E-state index is -0.743. The second-order valence-corrected chi connectivity index (χ2v) is 20.5. The van der Waals surface area contributed by atoms with E-state index in [0.717, 1.165) is 73.0 Å². The molecule has 0 amide bonds. The molecule has 0 fully saturated rings. The lowest BCUT2D eigenvalue weighted by molar-refractivity contribution is 0.173. The van der Waals surface area contributed by atoms with E-state index in [4.69, 9.17) is 18.9 Å². The van der Waals surface area contributed by atoms with Crippen molar-refractivity contribution in [2.45, 2.75) is 168 Å². The zero-order chi connectivity index (χ0) is 44.6. The Bertz CT molecular complexity index is 1650. The summed E-state index contributed by atoms with van der Waals surface area (Å²) in [6.45, 7) is 13.6. The maximum Gasteiger partial charge on any atom is 0.231 e. The number of ether oxygens (including phenoxy) is 4. The Kier molecular flexibility index (Phi) is 28.0. The molecule has 0 radical (unpaired) electrons. The molecule has 6 rings (SSSR count). The molecule has 4 aromatic carbocycles. The summed E-state index contributed by atoms with van der Waals surface area (Å²) in [7, 11) is -1.49. The van der Waals surface area contributed by atoms with Gasteiger partial charge in [-0.15, -0.1) is 0 Å². The van der Waals surface area contributed by atoms with Crippen LogP contribution in [0.5, 0.6) is 23.0 Å². The summed E-state index contributed by atoms with van der Waals surface area (Å²) in [5.74, 6) is 4.91. The van der Waals surface area contributed by atoms with Crippen LogP contribution in [0.2, 0.25) is 0 Å². The van der Waals surface area contributed by atoms with E-state index >= 15 is 0 Å². The Hall–Kier alpha value is -3.62. The molecule has 0 saturated carbocycles. The van der Waals surface area contributed by atoms with Gasteiger partial charge in [-0.05, 0) is 85.0 Å². The standard InChI is InChI=1S/2C18H28O3S.C14H14.C4H10/c2*1-3-4-5-6-7-8-11-22(19)15(2)12-16-9-10-17-18(13-16)21-14-20-17;1-3-7-13(8-4-1)11-12-14-9-5-2-6-10-14;1-3-4-2/h2*9-10,13,15H,3-8,11-12,14H2,1-2H3;1-10H,11-12H2;3-4H2,1-2H3. The van der Waals surface area contributed by atoms with Gasteiger partial charge in [-0.2, -0.15) is 0 Å². The zero-order valence-electron chi connectivity index (χ0n) is 39.2. The molecule has 0 bridgehead atoms.